The van der Waals surface area contributed by atoms with Gasteiger partial charge in [0.25, 0.3) is 0 Å². The lowest BCUT2D eigenvalue weighted by Gasteiger charge is -2.12. The molecule has 0 saturated carbocycles. The summed E-state index contributed by atoms with van der Waals surface area (Å²) >= 11 is 0. The minimum atomic E-state index is -0.0682. The summed E-state index contributed by atoms with van der Waals surface area (Å²) in [4.78, 5) is 20.2. The highest BCUT2D eigenvalue weighted by Crippen LogP contribution is 2.28. The Morgan fingerprint density at radius 2 is 1.70 bits per heavy atom. The number of nitrogens with two attached hydrogens (primary N) is 2. The zero-order valence-corrected chi connectivity index (χ0v) is 12.9. The van der Waals surface area contributed by atoms with Gasteiger partial charge in [0.15, 0.2) is 0 Å². The molecule has 0 aliphatic rings. The first-order valence-corrected chi connectivity index (χ1v) is 7.55. The number of anilines is 2. The molecule has 0 fully saturated rings. The Morgan fingerprint density at radius 3 is 2.35 bits per heavy atom. The van der Waals surface area contributed by atoms with E-state index in [0.29, 0.717) is 5.82 Å². The zero-order chi connectivity index (χ0) is 16.2. The van der Waals surface area contributed by atoms with Crippen molar-refractivity contribution in [3.63, 3.8) is 0 Å². The summed E-state index contributed by atoms with van der Waals surface area (Å²) in [6.45, 7) is 2.10. The first kappa shape index (κ1) is 15.0. The maximum Gasteiger partial charge on any atom is 0.225 e. The van der Waals surface area contributed by atoms with E-state index >= 15 is 0 Å². The minimum Gasteiger partial charge on any atom is -0.368 e. The Bertz CT molecular complexity index is 762. The number of nitrogens with zero attached hydrogens (tertiary/aromatic N) is 4. The lowest BCUT2D eigenvalue weighted by atomic mass is 9.99. The zero-order valence-electron chi connectivity index (χ0n) is 12.9. The quantitative estimate of drug-likeness (QED) is 0.665. The van der Waals surface area contributed by atoms with E-state index in [1.54, 1.807) is 0 Å². The normalized spacial score (nSPS) is 12.2. The third-order valence-corrected chi connectivity index (χ3v) is 3.58. The van der Waals surface area contributed by atoms with Crippen molar-refractivity contribution in [1.29, 1.82) is 0 Å². The van der Waals surface area contributed by atoms with Crippen molar-refractivity contribution in [3.05, 3.63) is 48.0 Å². The number of hydrogen-bond donors (Lipinski definition) is 3. The molecule has 0 radical (unpaired) electrons. The molecular weight excluding hydrogens is 290 g/mol. The van der Waals surface area contributed by atoms with Crippen LogP contribution in [0.15, 0.2) is 36.5 Å². The lowest BCUT2D eigenvalue weighted by Crippen LogP contribution is -2.12. The molecule has 23 heavy (non-hydrogen) atoms. The molecule has 0 aliphatic carbocycles. The second kappa shape index (κ2) is 6.43. The predicted molar refractivity (Wildman–Crippen MR) is 89.4 cm³/mol. The van der Waals surface area contributed by atoms with Crippen LogP contribution in [0.25, 0.3) is 11.4 Å². The lowest BCUT2D eigenvalue weighted by molar-refractivity contribution is 0.644. The summed E-state index contributed by atoms with van der Waals surface area (Å²) < 4.78 is 0. The summed E-state index contributed by atoms with van der Waals surface area (Å²) in [5.74, 6) is 1.57. The summed E-state index contributed by atoms with van der Waals surface area (Å²) in [7, 11) is 0. The molecule has 3 aromatic rings. The Balaban J connectivity index is 1.97. The average Bonchev–Trinajstić information content (AvgIpc) is 3.02. The average molecular weight is 309 g/mol. The number of nitrogens with one attached hydrogen (secondary N) is 1. The molecule has 0 spiro atoms. The number of aromatic nitrogens is 5. The van der Waals surface area contributed by atoms with Crippen molar-refractivity contribution in [3.8, 4) is 11.4 Å². The van der Waals surface area contributed by atoms with Gasteiger partial charge in [-0.05, 0) is 6.42 Å². The molecule has 7 nitrogen and oxygen atoms in total. The molecule has 1 aromatic carbocycles. The van der Waals surface area contributed by atoms with Crippen LogP contribution in [0.3, 0.4) is 0 Å². The Hall–Kier alpha value is -2.96. The SMILES string of the molecule is CCCC(c1c[nH]c(-c2ccccc2)n1)c1nc(N)nc(N)n1. The fraction of sp³-hybridized carbons (Fsp3) is 0.250. The molecule has 0 amide bonds. The molecule has 2 heterocycles. The van der Waals surface area contributed by atoms with E-state index < -0.39 is 0 Å². The smallest absolute Gasteiger partial charge is 0.225 e. The molecule has 1 atom stereocenters. The van der Waals surface area contributed by atoms with Crippen LogP contribution in [-0.4, -0.2) is 24.9 Å². The molecule has 2 aromatic heterocycles. The number of imidazole rings is 1. The van der Waals surface area contributed by atoms with E-state index in [9.17, 15) is 0 Å². The van der Waals surface area contributed by atoms with Crippen molar-refractivity contribution in [2.75, 3.05) is 11.5 Å². The first-order chi connectivity index (χ1) is 11.2. The number of benzene rings is 1. The van der Waals surface area contributed by atoms with Gasteiger partial charge in [-0.3, -0.25) is 0 Å². The van der Waals surface area contributed by atoms with E-state index in [4.69, 9.17) is 16.5 Å². The topological polar surface area (TPSA) is 119 Å². The molecular formula is C16H19N7. The molecule has 5 N–H and O–H groups in total. The van der Waals surface area contributed by atoms with Gasteiger partial charge in [0, 0.05) is 11.8 Å². The number of rotatable bonds is 5. The molecule has 0 bridgehead atoms. The van der Waals surface area contributed by atoms with Gasteiger partial charge >= 0.3 is 0 Å². The molecule has 7 heteroatoms. The van der Waals surface area contributed by atoms with Gasteiger partial charge in [-0.1, -0.05) is 43.7 Å². The Kier molecular flexibility index (Phi) is 4.18. The van der Waals surface area contributed by atoms with E-state index in [1.165, 1.54) is 0 Å². The van der Waals surface area contributed by atoms with Crippen LogP contribution in [0.1, 0.15) is 37.2 Å². The van der Waals surface area contributed by atoms with Crippen LogP contribution in [0.5, 0.6) is 0 Å². The number of hydrogen-bond acceptors (Lipinski definition) is 6. The van der Waals surface area contributed by atoms with Crippen LogP contribution >= 0.6 is 0 Å². The fourth-order valence-corrected chi connectivity index (χ4v) is 2.54. The molecule has 3 rings (SSSR count). The monoisotopic (exact) mass is 309 g/mol. The minimum absolute atomic E-state index is 0.0682. The Labute approximate surface area is 134 Å². The third kappa shape index (κ3) is 3.28. The summed E-state index contributed by atoms with van der Waals surface area (Å²) in [6, 6.07) is 9.96. The number of nitrogen functional groups attached to an aromatic ring is 2. The van der Waals surface area contributed by atoms with Gasteiger partial charge in [-0.2, -0.15) is 15.0 Å². The number of aromatic amines is 1. The van der Waals surface area contributed by atoms with Crippen LogP contribution < -0.4 is 11.5 Å². The van der Waals surface area contributed by atoms with Crippen molar-refractivity contribution in [2.45, 2.75) is 25.7 Å². The summed E-state index contributed by atoms with van der Waals surface area (Å²) in [6.07, 6.45) is 3.70. The predicted octanol–water partition coefficient (Wildman–Crippen LogP) is 2.36. The van der Waals surface area contributed by atoms with Gasteiger partial charge in [-0.15, -0.1) is 0 Å². The standard InChI is InChI=1S/C16H19N7/c1-2-6-11(14-21-15(17)23-16(18)22-14)12-9-19-13(20-12)10-7-4-3-5-8-10/h3-5,7-9,11H,2,6H2,1H3,(H,19,20)(H4,17,18,21,22,23). The van der Waals surface area contributed by atoms with E-state index in [2.05, 4.69) is 26.9 Å². The van der Waals surface area contributed by atoms with E-state index in [-0.39, 0.29) is 17.8 Å². The second-order valence-electron chi connectivity index (χ2n) is 5.29. The fourth-order valence-electron chi connectivity index (χ4n) is 2.54. The van der Waals surface area contributed by atoms with Crippen LogP contribution in [0.2, 0.25) is 0 Å². The highest BCUT2D eigenvalue weighted by Gasteiger charge is 2.21. The van der Waals surface area contributed by atoms with Gasteiger partial charge < -0.3 is 16.5 Å². The van der Waals surface area contributed by atoms with Gasteiger partial charge in [0.2, 0.25) is 11.9 Å². The largest absolute Gasteiger partial charge is 0.368 e. The Morgan fingerprint density at radius 1 is 1.00 bits per heavy atom. The van der Waals surface area contributed by atoms with Crippen LogP contribution in [0, 0.1) is 0 Å². The van der Waals surface area contributed by atoms with E-state index in [0.717, 1.165) is 29.9 Å². The second-order valence-corrected chi connectivity index (χ2v) is 5.29. The molecule has 0 aliphatic heterocycles. The molecule has 0 saturated heterocycles. The van der Waals surface area contributed by atoms with Gasteiger partial charge in [-0.25, -0.2) is 4.98 Å². The highest BCUT2D eigenvalue weighted by atomic mass is 15.1. The maximum absolute atomic E-state index is 5.70. The van der Waals surface area contributed by atoms with Crippen LogP contribution in [0.4, 0.5) is 11.9 Å². The molecule has 1 unspecified atom stereocenters. The number of H-pyrrole nitrogens is 1. The summed E-state index contributed by atoms with van der Waals surface area (Å²) in [5.41, 5.74) is 13.3. The molecule has 118 valence electrons. The van der Waals surface area contributed by atoms with Crippen molar-refractivity contribution in [1.82, 2.24) is 24.9 Å². The maximum atomic E-state index is 5.70. The van der Waals surface area contributed by atoms with Crippen LogP contribution in [-0.2, 0) is 0 Å². The first-order valence-electron chi connectivity index (χ1n) is 7.55. The van der Waals surface area contributed by atoms with Crippen molar-refractivity contribution < 1.29 is 0 Å². The van der Waals surface area contributed by atoms with Gasteiger partial charge in [0.1, 0.15) is 11.6 Å². The van der Waals surface area contributed by atoms with Crippen molar-refractivity contribution >= 4 is 11.9 Å². The summed E-state index contributed by atoms with van der Waals surface area (Å²) in [5, 5.41) is 0. The van der Waals surface area contributed by atoms with Crippen molar-refractivity contribution in [2.24, 2.45) is 0 Å². The van der Waals surface area contributed by atoms with Gasteiger partial charge in [0.05, 0.1) is 11.6 Å². The highest BCUT2D eigenvalue weighted by molar-refractivity contribution is 5.55. The third-order valence-electron chi connectivity index (χ3n) is 3.58. The van der Waals surface area contributed by atoms with E-state index in [1.807, 2.05) is 36.5 Å².